The summed E-state index contributed by atoms with van der Waals surface area (Å²) < 4.78 is 0. The highest BCUT2D eigenvalue weighted by Crippen LogP contribution is 2.43. The van der Waals surface area contributed by atoms with Crippen LogP contribution in [0, 0.1) is 10.1 Å². The van der Waals surface area contributed by atoms with Crippen LogP contribution in [0.1, 0.15) is 28.4 Å². The average molecular weight is 501 g/mol. The van der Waals surface area contributed by atoms with E-state index in [4.69, 9.17) is 11.6 Å². The highest BCUT2D eigenvalue weighted by molar-refractivity contribution is 6.31. The number of aromatic nitrogens is 1. The third-order valence-corrected chi connectivity index (χ3v) is 7.43. The minimum atomic E-state index is -0.732. The highest BCUT2D eigenvalue weighted by Gasteiger charge is 2.48. The fourth-order valence-electron chi connectivity index (χ4n) is 5.44. The summed E-state index contributed by atoms with van der Waals surface area (Å²) in [7, 11) is 0. The van der Waals surface area contributed by atoms with E-state index in [1.54, 1.807) is 28.0 Å². The summed E-state index contributed by atoms with van der Waals surface area (Å²) in [6.45, 7) is 0.137. The van der Waals surface area contributed by atoms with E-state index in [-0.39, 0.29) is 30.6 Å². The van der Waals surface area contributed by atoms with E-state index in [1.807, 2.05) is 42.5 Å². The zero-order valence-electron chi connectivity index (χ0n) is 19.1. The first-order valence-corrected chi connectivity index (χ1v) is 12.0. The molecule has 0 bridgehead atoms. The molecule has 1 aromatic heterocycles. The number of nitrogens with zero attached hydrogens (tertiary/aromatic N) is 3. The molecule has 8 nitrogen and oxygen atoms in total. The van der Waals surface area contributed by atoms with Gasteiger partial charge >= 0.3 is 0 Å². The van der Waals surface area contributed by atoms with Gasteiger partial charge in [0.25, 0.3) is 5.69 Å². The molecule has 2 atom stereocenters. The number of rotatable bonds is 4. The van der Waals surface area contributed by atoms with Crippen LogP contribution in [0.25, 0.3) is 10.9 Å². The van der Waals surface area contributed by atoms with Crippen LogP contribution in [-0.2, 0) is 22.6 Å². The summed E-state index contributed by atoms with van der Waals surface area (Å²) in [6, 6.07) is 20.0. The van der Waals surface area contributed by atoms with Crippen molar-refractivity contribution >= 4 is 40.0 Å². The van der Waals surface area contributed by atoms with Crippen molar-refractivity contribution in [1.82, 2.24) is 14.8 Å². The molecule has 6 rings (SSSR count). The summed E-state index contributed by atoms with van der Waals surface area (Å²) in [5, 5.41) is 13.0. The largest absolute Gasteiger partial charge is 0.356 e. The van der Waals surface area contributed by atoms with Crippen LogP contribution in [-0.4, -0.2) is 44.1 Å². The van der Waals surface area contributed by atoms with Crippen molar-refractivity contribution < 1.29 is 14.5 Å². The molecule has 2 amide bonds. The number of carbonyl (C=O) groups excluding carboxylic acids is 2. The van der Waals surface area contributed by atoms with Crippen LogP contribution in [0.3, 0.4) is 0 Å². The molecule has 1 unspecified atom stereocenters. The molecule has 1 saturated heterocycles. The van der Waals surface area contributed by atoms with Crippen LogP contribution in [0.2, 0.25) is 5.02 Å². The molecule has 1 fully saturated rings. The van der Waals surface area contributed by atoms with E-state index in [1.165, 1.54) is 12.1 Å². The van der Waals surface area contributed by atoms with Gasteiger partial charge in [-0.05, 0) is 28.8 Å². The smallest absolute Gasteiger partial charge is 0.269 e. The number of nitro groups is 1. The number of piperazine rings is 1. The van der Waals surface area contributed by atoms with Gasteiger partial charge in [0.05, 0.1) is 11.0 Å². The number of halogens is 1. The first-order valence-electron chi connectivity index (χ1n) is 11.6. The topological polar surface area (TPSA) is 99.5 Å². The number of benzene rings is 3. The Bertz CT molecular complexity index is 1550. The van der Waals surface area contributed by atoms with Crippen molar-refractivity contribution in [3.63, 3.8) is 0 Å². The maximum atomic E-state index is 13.8. The molecule has 9 heteroatoms. The van der Waals surface area contributed by atoms with Crippen molar-refractivity contribution in [2.45, 2.75) is 25.0 Å². The second kappa shape index (κ2) is 8.49. The maximum absolute atomic E-state index is 13.8. The molecule has 3 heterocycles. The van der Waals surface area contributed by atoms with Gasteiger partial charge in [0.15, 0.2) is 0 Å². The monoisotopic (exact) mass is 500 g/mol. The predicted molar refractivity (Wildman–Crippen MR) is 134 cm³/mol. The Morgan fingerprint density at radius 1 is 1.03 bits per heavy atom. The van der Waals surface area contributed by atoms with Crippen LogP contribution < -0.4 is 0 Å². The molecule has 0 spiro atoms. The quantitative estimate of drug-likeness (QED) is 0.326. The van der Waals surface area contributed by atoms with E-state index in [2.05, 4.69) is 4.98 Å². The zero-order chi connectivity index (χ0) is 25.0. The molecule has 3 aromatic carbocycles. The van der Waals surface area contributed by atoms with Crippen molar-refractivity contribution in [2.24, 2.45) is 0 Å². The number of H-pyrrole nitrogens is 1. The molecule has 36 heavy (non-hydrogen) atoms. The summed E-state index contributed by atoms with van der Waals surface area (Å²) >= 11 is 6.33. The lowest BCUT2D eigenvalue weighted by Gasteiger charge is -2.47. The van der Waals surface area contributed by atoms with E-state index in [0.717, 1.165) is 27.7 Å². The molecule has 1 N–H and O–H groups in total. The van der Waals surface area contributed by atoms with Crippen LogP contribution >= 0.6 is 11.6 Å². The minimum absolute atomic E-state index is 0.0663. The zero-order valence-corrected chi connectivity index (χ0v) is 19.8. The second-order valence-corrected chi connectivity index (χ2v) is 9.53. The van der Waals surface area contributed by atoms with E-state index in [0.29, 0.717) is 17.0 Å². The Morgan fingerprint density at radius 3 is 2.61 bits per heavy atom. The van der Waals surface area contributed by atoms with Gasteiger partial charge in [-0.1, -0.05) is 60.1 Å². The Hall–Kier alpha value is -4.17. The molecule has 2 aliphatic rings. The molecular weight excluding hydrogens is 480 g/mol. The number of hydrogen-bond acceptors (Lipinski definition) is 4. The number of para-hydroxylation sites is 1. The Labute approximate surface area is 211 Å². The predicted octanol–water partition coefficient (Wildman–Crippen LogP) is 4.61. The van der Waals surface area contributed by atoms with Gasteiger partial charge < -0.3 is 14.8 Å². The van der Waals surface area contributed by atoms with E-state index >= 15 is 0 Å². The average Bonchev–Trinajstić information content (AvgIpc) is 3.25. The highest BCUT2D eigenvalue weighted by atomic mass is 35.5. The van der Waals surface area contributed by atoms with Gasteiger partial charge in [0.2, 0.25) is 11.8 Å². The Morgan fingerprint density at radius 2 is 1.81 bits per heavy atom. The maximum Gasteiger partial charge on any atom is 0.269 e. The fourth-order valence-corrected chi connectivity index (χ4v) is 5.64. The summed E-state index contributed by atoms with van der Waals surface area (Å²) in [5.74, 6) is -0.381. The fraction of sp³-hybridized carbons (Fsp3) is 0.185. The van der Waals surface area contributed by atoms with Crippen LogP contribution in [0.5, 0.6) is 0 Å². The van der Waals surface area contributed by atoms with Gasteiger partial charge in [-0.25, -0.2) is 0 Å². The molecule has 2 aliphatic heterocycles. The lowest BCUT2D eigenvalue weighted by atomic mass is 9.86. The van der Waals surface area contributed by atoms with Gasteiger partial charge in [0, 0.05) is 46.7 Å². The third kappa shape index (κ3) is 3.53. The summed E-state index contributed by atoms with van der Waals surface area (Å²) in [4.78, 5) is 45.1. The molecular formula is C27H21ClN4O4. The normalized spacial score (nSPS) is 19.4. The van der Waals surface area contributed by atoms with Crippen molar-refractivity contribution in [3.05, 3.63) is 110 Å². The molecule has 4 aromatic rings. The Kier molecular flexibility index (Phi) is 5.26. The standard InChI is InChI=1S/C27H21ClN4O4/c28-21-10-3-1-6-17(21)14-30-15-24(33)31-23(27(30)34)13-20-19-9-2-4-11-22(19)29-25(20)26(31)16-7-5-8-18(12-16)32(35)36/h1-12,23,26,29H,13-15H2/t23-,26?/m0/s1. The number of carbonyl (C=O) groups is 2. The van der Waals surface area contributed by atoms with E-state index < -0.39 is 17.0 Å². The minimum Gasteiger partial charge on any atom is -0.356 e. The van der Waals surface area contributed by atoms with Gasteiger partial charge in [0.1, 0.15) is 12.6 Å². The first kappa shape index (κ1) is 22.3. The molecule has 0 saturated carbocycles. The lowest BCUT2D eigenvalue weighted by Crippen LogP contribution is -2.62. The van der Waals surface area contributed by atoms with Gasteiger partial charge in [-0.15, -0.1) is 0 Å². The number of nitro benzene ring substituents is 1. The summed E-state index contributed by atoms with van der Waals surface area (Å²) in [6.07, 6.45) is 0.356. The molecule has 0 radical (unpaired) electrons. The number of amides is 2. The van der Waals surface area contributed by atoms with Crippen molar-refractivity contribution in [2.75, 3.05) is 6.54 Å². The number of aromatic amines is 1. The van der Waals surface area contributed by atoms with E-state index in [9.17, 15) is 19.7 Å². The molecule has 180 valence electrons. The van der Waals surface area contributed by atoms with Gasteiger partial charge in [-0.2, -0.15) is 0 Å². The second-order valence-electron chi connectivity index (χ2n) is 9.12. The molecule has 0 aliphatic carbocycles. The van der Waals surface area contributed by atoms with Gasteiger partial charge in [-0.3, -0.25) is 19.7 Å². The number of non-ortho nitro benzene ring substituents is 1. The van der Waals surface area contributed by atoms with Crippen molar-refractivity contribution in [1.29, 1.82) is 0 Å². The summed E-state index contributed by atoms with van der Waals surface area (Å²) in [5.41, 5.74) is 3.92. The van der Waals surface area contributed by atoms with Crippen LogP contribution in [0.15, 0.2) is 72.8 Å². The van der Waals surface area contributed by atoms with Crippen LogP contribution in [0.4, 0.5) is 5.69 Å². The number of hydrogen-bond donors (Lipinski definition) is 1. The third-order valence-electron chi connectivity index (χ3n) is 7.06. The van der Waals surface area contributed by atoms with Crippen molar-refractivity contribution in [3.8, 4) is 0 Å². The Balaban J connectivity index is 1.47. The lowest BCUT2D eigenvalue weighted by molar-refractivity contribution is -0.384. The number of nitrogens with one attached hydrogen (secondary N) is 1. The first-order chi connectivity index (χ1) is 17.4. The number of fused-ring (bicyclic) bond motifs is 4. The SMILES string of the molecule is O=C1[C@@H]2Cc3c([nH]c4ccccc34)C(c3cccc([N+](=O)[O-])c3)N2C(=O)CN1Cc1ccccc1Cl.